The SMILES string of the molecule is O=C1OCC2CCc3cc(I)ccc3N12. The van der Waals surface area contributed by atoms with Crippen molar-refractivity contribution in [2.75, 3.05) is 11.5 Å². The predicted molar refractivity (Wildman–Crippen MR) is 65.1 cm³/mol. The van der Waals surface area contributed by atoms with Crippen molar-refractivity contribution >= 4 is 34.4 Å². The van der Waals surface area contributed by atoms with Gasteiger partial charge in [0, 0.05) is 3.57 Å². The number of rotatable bonds is 0. The minimum absolute atomic E-state index is 0.192. The number of halogens is 1. The third kappa shape index (κ3) is 1.42. The summed E-state index contributed by atoms with van der Waals surface area (Å²) in [6, 6.07) is 6.46. The van der Waals surface area contributed by atoms with E-state index in [-0.39, 0.29) is 12.1 Å². The van der Waals surface area contributed by atoms with E-state index >= 15 is 0 Å². The Morgan fingerprint density at radius 3 is 3.20 bits per heavy atom. The zero-order valence-corrected chi connectivity index (χ0v) is 10.2. The van der Waals surface area contributed by atoms with Crippen molar-refractivity contribution in [3.8, 4) is 0 Å². The van der Waals surface area contributed by atoms with E-state index in [1.165, 1.54) is 9.13 Å². The van der Waals surface area contributed by atoms with Crippen LogP contribution in [0.1, 0.15) is 12.0 Å². The average molecular weight is 315 g/mol. The number of ether oxygens (including phenoxy) is 1. The van der Waals surface area contributed by atoms with E-state index < -0.39 is 0 Å². The summed E-state index contributed by atoms with van der Waals surface area (Å²) in [6.07, 6.45) is 1.87. The first-order chi connectivity index (χ1) is 7.25. The molecule has 1 amide bonds. The fraction of sp³-hybridized carbons (Fsp3) is 0.364. The Labute approximate surface area is 102 Å². The van der Waals surface area contributed by atoms with E-state index in [1.54, 1.807) is 4.90 Å². The zero-order chi connectivity index (χ0) is 10.4. The number of hydrogen-bond acceptors (Lipinski definition) is 2. The van der Waals surface area contributed by atoms with Crippen molar-refractivity contribution in [2.45, 2.75) is 18.9 Å². The minimum atomic E-state index is -0.192. The lowest BCUT2D eigenvalue weighted by atomic mass is 9.97. The maximum atomic E-state index is 11.6. The average Bonchev–Trinajstić information content (AvgIpc) is 2.60. The van der Waals surface area contributed by atoms with E-state index in [2.05, 4.69) is 28.7 Å². The second kappa shape index (κ2) is 3.37. The highest BCUT2D eigenvalue weighted by atomic mass is 127. The van der Waals surface area contributed by atoms with Gasteiger partial charge in [0.15, 0.2) is 0 Å². The smallest absolute Gasteiger partial charge is 0.414 e. The molecule has 2 aliphatic rings. The van der Waals surface area contributed by atoms with Crippen LogP contribution in [0.25, 0.3) is 0 Å². The molecule has 1 saturated heterocycles. The molecule has 78 valence electrons. The lowest BCUT2D eigenvalue weighted by molar-refractivity contribution is 0.178. The molecule has 0 saturated carbocycles. The van der Waals surface area contributed by atoms with E-state index in [0.29, 0.717) is 6.61 Å². The van der Waals surface area contributed by atoms with Gasteiger partial charge in [0.05, 0.1) is 11.7 Å². The summed E-state index contributed by atoms with van der Waals surface area (Å²) in [6.45, 7) is 0.546. The van der Waals surface area contributed by atoms with Crippen molar-refractivity contribution in [3.05, 3.63) is 27.3 Å². The van der Waals surface area contributed by atoms with E-state index in [9.17, 15) is 4.79 Å². The van der Waals surface area contributed by atoms with Gasteiger partial charge in [-0.05, 0) is 59.2 Å². The molecular formula is C11H10INO2. The normalized spacial score (nSPS) is 23.4. The minimum Gasteiger partial charge on any atom is -0.447 e. The fourth-order valence-electron chi connectivity index (χ4n) is 2.28. The van der Waals surface area contributed by atoms with Crippen LogP contribution in [0.3, 0.4) is 0 Å². The number of benzene rings is 1. The van der Waals surface area contributed by atoms with Crippen LogP contribution in [0.2, 0.25) is 0 Å². The number of carbonyl (C=O) groups excluding carboxylic acids is 1. The fourth-order valence-corrected chi connectivity index (χ4v) is 2.84. The topological polar surface area (TPSA) is 29.5 Å². The van der Waals surface area contributed by atoms with Gasteiger partial charge in [0.25, 0.3) is 0 Å². The highest BCUT2D eigenvalue weighted by molar-refractivity contribution is 14.1. The summed E-state index contributed by atoms with van der Waals surface area (Å²) in [7, 11) is 0. The number of anilines is 1. The van der Waals surface area contributed by atoms with Gasteiger partial charge in [-0.2, -0.15) is 0 Å². The van der Waals surface area contributed by atoms with Crippen LogP contribution >= 0.6 is 22.6 Å². The lowest BCUT2D eigenvalue weighted by Crippen LogP contribution is -2.37. The quantitative estimate of drug-likeness (QED) is 0.689. The number of nitrogens with zero attached hydrogens (tertiary/aromatic N) is 1. The van der Waals surface area contributed by atoms with Crippen LogP contribution in [-0.4, -0.2) is 18.7 Å². The molecule has 15 heavy (non-hydrogen) atoms. The zero-order valence-electron chi connectivity index (χ0n) is 8.07. The van der Waals surface area contributed by atoms with Crippen LogP contribution in [0, 0.1) is 3.57 Å². The van der Waals surface area contributed by atoms with Crippen LogP contribution in [0.5, 0.6) is 0 Å². The highest BCUT2D eigenvalue weighted by Gasteiger charge is 2.37. The first-order valence-electron chi connectivity index (χ1n) is 5.00. The van der Waals surface area contributed by atoms with Gasteiger partial charge in [0.1, 0.15) is 6.61 Å². The van der Waals surface area contributed by atoms with Gasteiger partial charge >= 0.3 is 6.09 Å². The Morgan fingerprint density at radius 2 is 2.33 bits per heavy atom. The molecule has 1 atom stereocenters. The molecule has 0 radical (unpaired) electrons. The summed E-state index contributed by atoms with van der Waals surface area (Å²) in [5, 5.41) is 0. The number of carbonyl (C=O) groups is 1. The number of amides is 1. The van der Waals surface area contributed by atoms with Gasteiger partial charge in [-0.3, -0.25) is 4.90 Å². The third-order valence-electron chi connectivity index (χ3n) is 3.01. The van der Waals surface area contributed by atoms with Gasteiger partial charge in [-0.25, -0.2) is 4.79 Å². The van der Waals surface area contributed by atoms with Crippen molar-refractivity contribution in [2.24, 2.45) is 0 Å². The Morgan fingerprint density at radius 1 is 1.47 bits per heavy atom. The molecule has 1 aromatic rings. The molecule has 3 rings (SSSR count). The molecule has 0 aliphatic carbocycles. The Balaban J connectivity index is 2.10. The predicted octanol–water partition coefficient (Wildman–Crippen LogP) is 2.56. The van der Waals surface area contributed by atoms with Crippen molar-refractivity contribution in [1.82, 2.24) is 0 Å². The van der Waals surface area contributed by atoms with E-state index in [1.807, 2.05) is 12.1 Å². The van der Waals surface area contributed by atoms with Crippen LogP contribution in [0.15, 0.2) is 18.2 Å². The Hall–Kier alpha value is -0.780. The van der Waals surface area contributed by atoms with Crippen molar-refractivity contribution in [3.63, 3.8) is 0 Å². The van der Waals surface area contributed by atoms with Gasteiger partial charge in [-0.15, -0.1) is 0 Å². The molecule has 0 N–H and O–H groups in total. The van der Waals surface area contributed by atoms with Crippen molar-refractivity contribution in [1.29, 1.82) is 0 Å². The van der Waals surface area contributed by atoms with Crippen molar-refractivity contribution < 1.29 is 9.53 Å². The summed E-state index contributed by atoms with van der Waals surface area (Å²) in [4.78, 5) is 13.4. The number of cyclic esters (lactones) is 1. The molecule has 1 unspecified atom stereocenters. The summed E-state index contributed by atoms with van der Waals surface area (Å²) in [5.41, 5.74) is 2.30. The monoisotopic (exact) mass is 315 g/mol. The summed E-state index contributed by atoms with van der Waals surface area (Å²) >= 11 is 2.30. The summed E-state index contributed by atoms with van der Waals surface area (Å²) < 4.78 is 6.29. The molecule has 3 nitrogen and oxygen atoms in total. The molecule has 0 spiro atoms. The number of hydrogen-bond donors (Lipinski definition) is 0. The largest absolute Gasteiger partial charge is 0.447 e. The number of aryl methyl sites for hydroxylation is 1. The van der Waals surface area contributed by atoms with Gasteiger partial charge in [-0.1, -0.05) is 0 Å². The standard InChI is InChI=1S/C11H10INO2/c12-8-2-4-10-7(5-8)1-3-9-6-15-11(14)13(9)10/h2,4-5,9H,1,3,6H2. The summed E-state index contributed by atoms with van der Waals surface area (Å²) in [5.74, 6) is 0. The highest BCUT2D eigenvalue weighted by Crippen LogP contribution is 2.34. The Bertz CT molecular complexity index is 433. The molecule has 1 fully saturated rings. The molecule has 2 heterocycles. The molecule has 4 heteroatoms. The van der Waals surface area contributed by atoms with Gasteiger partial charge in [0.2, 0.25) is 0 Å². The maximum Gasteiger partial charge on any atom is 0.414 e. The molecule has 0 bridgehead atoms. The maximum absolute atomic E-state index is 11.6. The van der Waals surface area contributed by atoms with Gasteiger partial charge < -0.3 is 4.74 Å². The Kier molecular flexibility index (Phi) is 2.12. The second-order valence-electron chi connectivity index (χ2n) is 3.91. The second-order valence-corrected chi connectivity index (χ2v) is 5.16. The molecule has 0 aromatic heterocycles. The first-order valence-corrected chi connectivity index (χ1v) is 6.08. The number of fused-ring (bicyclic) bond motifs is 3. The van der Waals surface area contributed by atoms with E-state index in [4.69, 9.17) is 4.74 Å². The third-order valence-corrected chi connectivity index (χ3v) is 3.68. The molecule has 2 aliphatic heterocycles. The van der Waals surface area contributed by atoms with Crippen LogP contribution in [0.4, 0.5) is 10.5 Å². The lowest BCUT2D eigenvalue weighted by Gasteiger charge is -2.29. The van der Waals surface area contributed by atoms with Crippen LogP contribution in [-0.2, 0) is 11.2 Å². The van der Waals surface area contributed by atoms with E-state index in [0.717, 1.165) is 18.5 Å². The molecule has 1 aromatic carbocycles. The first kappa shape index (κ1) is 9.45. The molecular weight excluding hydrogens is 305 g/mol. The van der Waals surface area contributed by atoms with Crippen LogP contribution < -0.4 is 4.90 Å².